The van der Waals surface area contributed by atoms with Crippen LogP contribution in [0.2, 0.25) is 0 Å². The lowest BCUT2D eigenvalue weighted by molar-refractivity contribution is -0.126. The molecular weight excluding hydrogens is 274 g/mol. The van der Waals surface area contributed by atoms with E-state index in [9.17, 15) is 9.59 Å². The van der Waals surface area contributed by atoms with Crippen LogP contribution in [0.5, 0.6) is 0 Å². The third kappa shape index (κ3) is 4.30. The molecule has 0 bridgehead atoms. The van der Waals surface area contributed by atoms with Gasteiger partial charge in [-0.3, -0.25) is 9.69 Å². The number of hydrogen-bond donors (Lipinski definition) is 3. The zero-order chi connectivity index (χ0) is 15.2. The van der Waals surface area contributed by atoms with E-state index in [1.807, 2.05) is 0 Å². The Labute approximate surface area is 123 Å². The summed E-state index contributed by atoms with van der Waals surface area (Å²) in [6.45, 7) is 2.99. The van der Waals surface area contributed by atoms with E-state index >= 15 is 0 Å². The predicted octanol–water partition coefficient (Wildman–Crippen LogP) is 0.265. The summed E-state index contributed by atoms with van der Waals surface area (Å²) in [5.74, 6) is -0.524. The number of furan rings is 1. The number of carboxylic acid groups (broad SMARTS) is 1. The van der Waals surface area contributed by atoms with Crippen LogP contribution in [-0.2, 0) is 11.3 Å². The van der Waals surface area contributed by atoms with Crippen molar-refractivity contribution in [1.82, 2.24) is 10.2 Å². The van der Waals surface area contributed by atoms with Gasteiger partial charge in [-0.1, -0.05) is 0 Å². The Kier molecular flexibility index (Phi) is 5.35. The van der Waals surface area contributed by atoms with E-state index in [-0.39, 0.29) is 17.6 Å². The van der Waals surface area contributed by atoms with Crippen molar-refractivity contribution in [2.45, 2.75) is 19.4 Å². The van der Waals surface area contributed by atoms with Crippen LogP contribution in [0.15, 0.2) is 16.5 Å². The van der Waals surface area contributed by atoms with Gasteiger partial charge in [-0.05, 0) is 31.5 Å². The van der Waals surface area contributed by atoms with E-state index < -0.39 is 5.97 Å². The van der Waals surface area contributed by atoms with E-state index in [2.05, 4.69) is 10.2 Å². The van der Waals surface area contributed by atoms with Gasteiger partial charge in [0.15, 0.2) is 0 Å². The summed E-state index contributed by atoms with van der Waals surface area (Å²) in [5.41, 5.74) is 5.38. The molecule has 0 saturated carbocycles. The summed E-state index contributed by atoms with van der Waals surface area (Å²) in [6.07, 6.45) is 1.80. The molecule has 0 radical (unpaired) electrons. The number of piperidine rings is 1. The number of nitrogens with two attached hydrogens (primary N) is 1. The third-order valence-electron chi connectivity index (χ3n) is 3.57. The Morgan fingerprint density at radius 2 is 2.29 bits per heavy atom. The first-order chi connectivity index (χ1) is 10.1. The molecular formula is C14H21N3O4. The van der Waals surface area contributed by atoms with E-state index in [0.29, 0.717) is 31.9 Å². The summed E-state index contributed by atoms with van der Waals surface area (Å²) in [5, 5.41) is 11.6. The normalized spacial score (nSPS) is 19.4. The highest BCUT2D eigenvalue weighted by atomic mass is 16.4. The lowest BCUT2D eigenvalue weighted by atomic mass is 9.97. The molecule has 1 amide bonds. The Bertz CT molecular complexity index is 500. The maximum Gasteiger partial charge on any atom is 0.371 e. The molecule has 1 unspecified atom stereocenters. The molecule has 4 N–H and O–H groups in total. The van der Waals surface area contributed by atoms with E-state index in [4.69, 9.17) is 15.3 Å². The van der Waals surface area contributed by atoms with Crippen molar-refractivity contribution < 1.29 is 19.1 Å². The fourth-order valence-corrected chi connectivity index (χ4v) is 2.55. The van der Waals surface area contributed by atoms with E-state index in [1.165, 1.54) is 6.07 Å². The van der Waals surface area contributed by atoms with Crippen molar-refractivity contribution in [3.63, 3.8) is 0 Å². The van der Waals surface area contributed by atoms with Crippen LogP contribution in [0, 0.1) is 5.92 Å². The topological polar surface area (TPSA) is 109 Å². The predicted molar refractivity (Wildman–Crippen MR) is 75.7 cm³/mol. The number of aromatic carboxylic acids is 1. The summed E-state index contributed by atoms with van der Waals surface area (Å²) in [6, 6.07) is 3.12. The number of likely N-dealkylation sites (tertiary alicyclic amines) is 1. The minimum absolute atomic E-state index is 0.0378. The number of carbonyl (C=O) groups excluding carboxylic acids is 1. The molecule has 2 heterocycles. The molecule has 1 fully saturated rings. The summed E-state index contributed by atoms with van der Waals surface area (Å²) < 4.78 is 5.25. The molecule has 7 heteroatoms. The third-order valence-corrected chi connectivity index (χ3v) is 3.57. The first-order valence-electron chi connectivity index (χ1n) is 7.12. The molecule has 1 aliphatic rings. The number of nitrogens with zero attached hydrogens (tertiary/aromatic N) is 1. The molecule has 1 aliphatic heterocycles. The van der Waals surface area contributed by atoms with Gasteiger partial charge in [-0.25, -0.2) is 4.79 Å². The molecule has 2 rings (SSSR count). The van der Waals surface area contributed by atoms with Gasteiger partial charge >= 0.3 is 5.97 Å². The van der Waals surface area contributed by atoms with Gasteiger partial charge in [-0.2, -0.15) is 0 Å². The quantitative estimate of drug-likeness (QED) is 0.695. The molecule has 1 aromatic rings. The Hall–Kier alpha value is -1.86. The van der Waals surface area contributed by atoms with Crippen LogP contribution in [0.1, 0.15) is 29.2 Å². The van der Waals surface area contributed by atoms with Crippen molar-refractivity contribution in [2.24, 2.45) is 11.7 Å². The first kappa shape index (κ1) is 15.5. The molecule has 1 saturated heterocycles. The SMILES string of the molecule is NCCNC(=O)C1CCCN(Cc2ccc(C(=O)O)o2)C1. The van der Waals surface area contributed by atoms with Gasteiger partial charge in [0.25, 0.3) is 0 Å². The monoisotopic (exact) mass is 295 g/mol. The minimum atomic E-state index is -1.07. The van der Waals surface area contributed by atoms with Gasteiger partial charge < -0.3 is 20.6 Å². The van der Waals surface area contributed by atoms with Gasteiger partial charge in [0.2, 0.25) is 11.7 Å². The van der Waals surface area contributed by atoms with Crippen LogP contribution >= 0.6 is 0 Å². The van der Waals surface area contributed by atoms with Gasteiger partial charge in [-0.15, -0.1) is 0 Å². The van der Waals surface area contributed by atoms with Crippen LogP contribution in [0.3, 0.4) is 0 Å². The zero-order valence-electron chi connectivity index (χ0n) is 11.9. The van der Waals surface area contributed by atoms with Crippen molar-refractivity contribution in [1.29, 1.82) is 0 Å². The number of carboxylic acids is 1. The molecule has 21 heavy (non-hydrogen) atoms. The van der Waals surface area contributed by atoms with Crippen molar-refractivity contribution in [3.8, 4) is 0 Å². The van der Waals surface area contributed by atoms with Gasteiger partial charge in [0.1, 0.15) is 5.76 Å². The van der Waals surface area contributed by atoms with Crippen LogP contribution in [0.4, 0.5) is 0 Å². The smallest absolute Gasteiger partial charge is 0.371 e. The number of carbonyl (C=O) groups is 2. The zero-order valence-corrected chi connectivity index (χ0v) is 11.9. The largest absolute Gasteiger partial charge is 0.475 e. The highest BCUT2D eigenvalue weighted by molar-refractivity contribution is 5.84. The Morgan fingerprint density at radius 3 is 2.95 bits per heavy atom. The van der Waals surface area contributed by atoms with E-state index in [0.717, 1.165) is 19.4 Å². The maximum absolute atomic E-state index is 12.0. The number of rotatable bonds is 6. The highest BCUT2D eigenvalue weighted by Gasteiger charge is 2.26. The Morgan fingerprint density at radius 1 is 1.48 bits per heavy atom. The van der Waals surface area contributed by atoms with Crippen molar-refractivity contribution in [2.75, 3.05) is 26.2 Å². The number of amides is 1. The molecule has 1 atom stereocenters. The molecule has 0 aromatic carbocycles. The summed E-state index contributed by atoms with van der Waals surface area (Å²) in [4.78, 5) is 24.8. The van der Waals surface area contributed by atoms with Crippen molar-refractivity contribution in [3.05, 3.63) is 23.7 Å². The lowest BCUT2D eigenvalue weighted by Crippen LogP contribution is -2.43. The average Bonchev–Trinajstić information content (AvgIpc) is 2.94. The second-order valence-corrected chi connectivity index (χ2v) is 5.23. The second kappa shape index (κ2) is 7.24. The molecule has 116 valence electrons. The fourth-order valence-electron chi connectivity index (χ4n) is 2.55. The highest BCUT2D eigenvalue weighted by Crippen LogP contribution is 2.19. The van der Waals surface area contributed by atoms with Crippen molar-refractivity contribution >= 4 is 11.9 Å². The first-order valence-corrected chi connectivity index (χ1v) is 7.12. The van der Waals surface area contributed by atoms with Crippen LogP contribution in [0.25, 0.3) is 0 Å². The lowest BCUT2D eigenvalue weighted by Gasteiger charge is -2.31. The van der Waals surface area contributed by atoms with E-state index in [1.54, 1.807) is 6.07 Å². The molecule has 1 aromatic heterocycles. The van der Waals surface area contributed by atoms with Gasteiger partial charge in [0.05, 0.1) is 12.5 Å². The van der Waals surface area contributed by atoms with Crippen LogP contribution in [-0.4, -0.2) is 48.1 Å². The minimum Gasteiger partial charge on any atom is -0.475 e. The van der Waals surface area contributed by atoms with Crippen LogP contribution < -0.4 is 11.1 Å². The average molecular weight is 295 g/mol. The standard InChI is InChI=1S/C14H21N3O4/c15-5-6-16-13(18)10-2-1-7-17(8-10)9-11-3-4-12(21-11)14(19)20/h3-4,10H,1-2,5-9,15H2,(H,16,18)(H,19,20). The second-order valence-electron chi connectivity index (χ2n) is 5.23. The molecule has 7 nitrogen and oxygen atoms in total. The maximum atomic E-state index is 12.0. The summed E-state index contributed by atoms with van der Waals surface area (Å²) >= 11 is 0. The number of hydrogen-bond acceptors (Lipinski definition) is 5. The summed E-state index contributed by atoms with van der Waals surface area (Å²) in [7, 11) is 0. The molecule has 0 aliphatic carbocycles. The molecule has 0 spiro atoms. The van der Waals surface area contributed by atoms with Gasteiger partial charge in [0, 0.05) is 19.6 Å². The fraction of sp³-hybridized carbons (Fsp3) is 0.571. The number of nitrogens with one attached hydrogen (secondary N) is 1. The Balaban J connectivity index is 1.88.